The van der Waals surface area contributed by atoms with Crippen LogP contribution in [0.1, 0.15) is 148 Å². The molecule has 0 aliphatic heterocycles. The fourth-order valence-corrected chi connectivity index (χ4v) is 5.33. The predicted octanol–water partition coefficient (Wildman–Crippen LogP) is 7.05. The summed E-state index contributed by atoms with van der Waals surface area (Å²) in [6.07, 6.45) is 28.3. The van der Waals surface area contributed by atoms with Gasteiger partial charge >= 0.3 is 0 Å². The molecule has 0 heterocycles. The highest BCUT2D eigenvalue weighted by molar-refractivity contribution is 5.89. The maximum Gasteiger partial charge on any atom is 0.278 e. The molecular formula is C33H67N2O4+. The molecule has 1 amide bonds. The summed E-state index contributed by atoms with van der Waals surface area (Å²) in [5.41, 5.74) is 0. The van der Waals surface area contributed by atoms with Crippen molar-refractivity contribution in [3.8, 4) is 0 Å². The summed E-state index contributed by atoms with van der Waals surface area (Å²) in [6.45, 7) is 1.98. The summed E-state index contributed by atoms with van der Waals surface area (Å²) < 4.78 is 0.437. The Balaban J connectivity index is 3.68. The fraction of sp³-hybridized carbons (Fsp3) is 0.939. The Morgan fingerprint density at radius 2 is 0.974 bits per heavy atom. The van der Waals surface area contributed by atoms with E-state index in [1.165, 1.54) is 120 Å². The minimum absolute atomic E-state index is 0.0785. The van der Waals surface area contributed by atoms with Crippen LogP contribution in [0.5, 0.6) is 0 Å². The third-order valence-corrected chi connectivity index (χ3v) is 7.72. The van der Waals surface area contributed by atoms with Gasteiger partial charge in [-0.05, 0) is 6.42 Å². The van der Waals surface area contributed by atoms with Crippen LogP contribution < -0.4 is 0 Å². The summed E-state index contributed by atoms with van der Waals surface area (Å²) >= 11 is 0. The van der Waals surface area contributed by atoms with Crippen molar-refractivity contribution in [3.63, 3.8) is 0 Å². The van der Waals surface area contributed by atoms with Gasteiger partial charge in [-0.2, -0.15) is 0 Å². The molecule has 232 valence electrons. The van der Waals surface area contributed by atoms with Gasteiger partial charge in [-0.15, -0.1) is 0 Å². The van der Waals surface area contributed by atoms with Gasteiger partial charge in [0.25, 0.3) is 5.91 Å². The topological polar surface area (TPSA) is 77.8 Å². The van der Waals surface area contributed by atoms with E-state index in [2.05, 4.69) is 6.92 Å². The lowest BCUT2D eigenvalue weighted by Gasteiger charge is -2.32. The van der Waals surface area contributed by atoms with Crippen molar-refractivity contribution in [2.45, 2.75) is 154 Å². The molecule has 0 spiro atoms. The van der Waals surface area contributed by atoms with Gasteiger partial charge in [0.15, 0.2) is 12.3 Å². The normalized spacial score (nSPS) is 12.6. The number of carbonyl (C=O) groups is 2. The number of quaternary nitrogens is 1. The Bertz CT molecular complexity index is 577. The van der Waals surface area contributed by atoms with E-state index in [1.807, 2.05) is 21.1 Å². The molecule has 6 nitrogen and oxygen atoms in total. The second kappa shape index (κ2) is 26.0. The molecule has 0 aromatic heterocycles. The van der Waals surface area contributed by atoms with E-state index in [-0.39, 0.29) is 38.0 Å². The van der Waals surface area contributed by atoms with E-state index in [9.17, 15) is 19.8 Å². The molecule has 0 saturated heterocycles. The molecule has 6 heteroatoms. The second-order valence-electron chi connectivity index (χ2n) is 12.7. The number of hydrogen-bond donors (Lipinski definition) is 2. The first-order valence-corrected chi connectivity index (χ1v) is 16.6. The van der Waals surface area contributed by atoms with Crippen molar-refractivity contribution >= 4 is 11.7 Å². The van der Waals surface area contributed by atoms with Crippen molar-refractivity contribution in [2.75, 3.05) is 47.4 Å². The third kappa shape index (κ3) is 23.4. The lowest BCUT2D eigenvalue weighted by Crippen LogP contribution is -2.53. The number of Topliss-reactive ketones (excluding diaryl/α,β-unsaturated/α-hetero) is 1. The minimum atomic E-state index is -0.846. The van der Waals surface area contributed by atoms with Crippen molar-refractivity contribution in [1.29, 1.82) is 0 Å². The van der Waals surface area contributed by atoms with Crippen molar-refractivity contribution in [1.82, 2.24) is 4.90 Å². The number of hydrogen-bond acceptors (Lipinski definition) is 4. The standard InChI is InChI=1S/C33H67N2O4/c1-5-6-7-8-9-10-11-12-13-14-15-16-17-18-19-20-21-22-23-24-25-26-32(38)31(30-37)34(27-28-36)33(39)29-35(2,3)4/h31,36-37H,5-30H2,1-4H3/q+1. The molecule has 0 fully saturated rings. The number of aliphatic hydroxyl groups excluding tert-OH is 2. The number of nitrogens with zero attached hydrogens (tertiary/aromatic N) is 2. The SMILES string of the molecule is CCCCCCCCCCCCCCCCCCCCCCCC(=O)C(CO)N(CCO)C(=O)C[N+](C)(C)C. The zero-order valence-electron chi connectivity index (χ0n) is 26.6. The van der Waals surface area contributed by atoms with Gasteiger partial charge in [-0.1, -0.05) is 135 Å². The largest absolute Gasteiger partial charge is 0.395 e. The smallest absolute Gasteiger partial charge is 0.278 e. The van der Waals surface area contributed by atoms with Gasteiger partial charge in [0.05, 0.1) is 34.4 Å². The molecule has 0 aliphatic carbocycles. The quantitative estimate of drug-likeness (QED) is 0.0766. The van der Waals surface area contributed by atoms with E-state index in [1.54, 1.807) is 0 Å². The summed E-state index contributed by atoms with van der Waals surface area (Å²) in [7, 11) is 5.72. The number of ketones is 1. The van der Waals surface area contributed by atoms with E-state index < -0.39 is 6.04 Å². The van der Waals surface area contributed by atoms with Crippen molar-refractivity contribution in [2.24, 2.45) is 0 Å². The van der Waals surface area contributed by atoms with Gasteiger partial charge in [0.2, 0.25) is 0 Å². The lowest BCUT2D eigenvalue weighted by atomic mass is 10.0. The Labute approximate surface area is 242 Å². The second-order valence-corrected chi connectivity index (χ2v) is 12.7. The van der Waals surface area contributed by atoms with Crippen LogP contribution in [0.2, 0.25) is 0 Å². The molecule has 1 atom stereocenters. The van der Waals surface area contributed by atoms with Gasteiger partial charge in [-0.25, -0.2) is 0 Å². The number of rotatable bonds is 29. The number of amides is 1. The highest BCUT2D eigenvalue weighted by atomic mass is 16.3. The average molecular weight is 556 g/mol. The molecule has 2 N–H and O–H groups in total. The summed E-state index contributed by atoms with van der Waals surface area (Å²) in [5.74, 6) is -0.304. The first-order chi connectivity index (χ1) is 18.8. The highest BCUT2D eigenvalue weighted by Gasteiger charge is 2.30. The lowest BCUT2D eigenvalue weighted by molar-refractivity contribution is -0.862. The Morgan fingerprint density at radius 1 is 0.615 bits per heavy atom. The van der Waals surface area contributed by atoms with Crippen LogP contribution in [0.25, 0.3) is 0 Å². The molecule has 0 bridgehead atoms. The minimum Gasteiger partial charge on any atom is -0.395 e. The van der Waals surface area contributed by atoms with E-state index in [0.717, 1.165) is 19.3 Å². The fourth-order valence-electron chi connectivity index (χ4n) is 5.33. The van der Waals surface area contributed by atoms with Gasteiger partial charge < -0.3 is 19.6 Å². The molecule has 1 unspecified atom stereocenters. The first kappa shape index (κ1) is 38.0. The van der Waals surface area contributed by atoms with E-state index in [4.69, 9.17) is 0 Å². The molecule has 0 radical (unpaired) electrons. The molecule has 39 heavy (non-hydrogen) atoms. The average Bonchev–Trinajstić information content (AvgIpc) is 2.88. The molecule has 0 aliphatic rings. The molecular weight excluding hydrogens is 488 g/mol. The predicted molar refractivity (Wildman–Crippen MR) is 165 cm³/mol. The summed E-state index contributed by atoms with van der Waals surface area (Å²) in [5, 5.41) is 19.2. The summed E-state index contributed by atoms with van der Waals surface area (Å²) in [6, 6.07) is -0.846. The van der Waals surface area contributed by atoms with Crippen molar-refractivity contribution < 1.29 is 24.3 Å². The molecule has 0 aromatic rings. The first-order valence-electron chi connectivity index (χ1n) is 16.6. The van der Waals surface area contributed by atoms with Crippen LogP contribution in [-0.2, 0) is 9.59 Å². The molecule has 0 rings (SSSR count). The maximum atomic E-state index is 12.7. The van der Waals surface area contributed by atoms with Crippen LogP contribution >= 0.6 is 0 Å². The van der Waals surface area contributed by atoms with Gasteiger partial charge in [0, 0.05) is 13.0 Å². The van der Waals surface area contributed by atoms with Crippen LogP contribution in [0.4, 0.5) is 0 Å². The zero-order chi connectivity index (χ0) is 29.2. The Kier molecular flexibility index (Phi) is 25.3. The van der Waals surface area contributed by atoms with E-state index >= 15 is 0 Å². The molecule has 0 saturated carbocycles. The van der Waals surface area contributed by atoms with Crippen LogP contribution in [0.3, 0.4) is 0 Å². The zero-order valence-corrected chi connectivity index (χ0v) is 26.6. The number of carbonyl (C=O) groups excluding carboxylic acids is 2. The third-order valence-electron chi connectivity index (χ3n) is 7.72. The number of aliphatic hydroxyl groups is 2. The number of unbranched alkanes of at least 4 members (excludes halogenated alkanes) is 20. The summed E-state index contributed by atoms with van der Waals surface area (Å²) in [4.78, 5) is 26.7. The van der Waals surface area contributed by atoms with Gasteiger partial charge in [-0.3, -0.25) is 9.59 Å². The molecule has 0 aromatic carbocycles. The van der Waals surface area contributed by atoms with E-state index in [0.29, 0.717) is 10.9 Å². The van der Waals surface area contributed by atoms with Crippen molar-refractivity contribution in [3.05, 3.63) is 0 Å². The van der Waals surface area contributed by atoms with Crippen LogP contribution in [0.15, 0.2) is 0 Å². The van der Waals surface area contributed by atoms with Gasteiger partial charge in [0.1, 0.15) is 6.04 Å². The van der Waals surface area contributed by atoms with Crippen LogP contribution in [-0.4, -0.2) is 84.8 Å². The Morgan fingerprint density at radius 3 is 1.28 bits per heavy atom. The Hall–Kier alpha value is -0.980. The monoisotopic (exact) mass is 556 g/mol. The number of likely N-dealkylation sites (N-methyl/N-ethyl adjacent to an activating group) is 1. The highest BCUT2D eigenvalue weighted by Crippen LogP contribution is 2.16. The van der Waals surface area contributed by atoms with Crippen LogP contribution in [0, 0.1) is 0 Å². The maximum absolute atomic E-state index is 12.7.